The van der Waals surface area contributed by atoms with Crippen molar-refractivity contribution in [3.05, 3.63) is 24.3 Å². The first-order chi connectivity index (χ1) is 10.3. The molecule has 0 aromatic carbocycles. The average Bonchev–Trinajstić information content (AvgIpc) is 2.50. The number of rotatable bonds is 13. The van der Waals surface area contributed by atoms with E-state index in [1.54, 1.807) is 6.08 Å². The van der Waals surface area contributed by atoms with Crippen LogP contribution >= 0.6 is 0 Å². The predicted octanol–water partition coefficient (Wildman–Crippen LogP) is 6.39. The van der Waals surface area contributed by atoms with E-state index in [4.69, 9.17) is 0 Å². The minimum absolute atomic E-state index is 0.165. The van der Waals surface area contributed by atoms with E-state index in [1.807, 2.05) is 12.2 Å². The molecule has 1 aliphatic rings. The first-order valence-electron chi connectivity index (χ1n) is 9.23. The van der Waals surface area contributed by atoms with E-state index in [-0.39, 0.29) is 5.92 Å². The first-order valence-corrected chi connectivity index (χ1v) is 9.23. The van der Waals surface area contributed by atoms with Crippen molar-refractivity contribution in [2.45, 2.75) is 90.4 Å². The van der Waals surface area contributed by atoms with Crippen molar-refractivity contribution in [2.75, 3.05) is 0 Å². The number of ketones is 1. The molecule has 120 valence electrons. The maximum Gasteiger partial charge on any atom is 0.162 e. The van der Waals surface area contributed by atoms with Gasteiger partial charge in [0.15, 0.2) is 5.78 Å². The molecule has 1 nitrogen and oxygen atoms in total. The van der Waals surface area contributed by atoms with E-state index in [9.17, 15) is 4.79 Å². The van der Waals surface area contributed by atoms with Gasteiger partial charge in [0.1, 0.15) is 0 Å². The van der Waals surface area contributed by atoms with E-state index in [0.717, 1.165) is 6.42 Å². The molecule has 0 N–H and O–H groups in total. The van der Waals surface area contributed by atoms with E-state index < -0.39 is 0 Å². The fourth-order valence-corrected chi connectivity index (χ4v) is 3.01. The van der Waals surface area contributed by atoms with Gasteiger partial charge in [0, 0.05) is 5.92 Å². The Hall–Kier alpha value is -0.850. The second-order valence-electron chi connectivity index (χ2n) is 6.43. The van der Waals surface area contributed by atoms with Gasteiger partial charge in [0.2, 0.25) is 0 Å². The first kappa shape index (κ1) is 18.2. The Morgan fingerprint density at radius 3 is 1.81 bits per heavy atom. The number of carbonyl (C=O) groups is 1. The van der Waals surface area contributed by atoms with Gasteiger partial charge in [-0.2, -0.15) is 0 Å². The van der Waals surface area contributed by atoms with Crippen molar-refractivity contribution in [3.8, 4) is 0 Å². The third kappa shape index (κ3) is 9.66. The van der Waals surface area contributed by atoms with Crippen LogP contribution in [0.3, 0.4) is 0 Å². The van der Waals surface area contributed by atoms with Gasteiger partial charge in [-0.1, -0.05) is 102 Å². The van der Waals surface area contributed by atoms with E-state index in [1.165, 1.54) is 77.0 Å². The monoisotopic (exact) mass is 290 g/mol. The molecule has 0 bridgehead atoms. The fraction of sp³-hybridized carbons (Fsp3) is 0.750. The number of unbranched alkanes of at least 4 members (excludes halogenated alkanes) is 11. The van der Waals surface area contributed by atoms with Crippen molar-refractivity contribution in [2.24, 2.45) is 5.92 Å². The van der Waals surface area contributed by atoms with Gasteiger partial charge in [-0.05, 0) is 12.5 Å². The molecule has 1 atom stereocenters. The Bertz CT molecular complexity index is 314. The third-order valence-electron chi connectivity index (χ3n) is 4.45. The number of hydrogen-bond acceptors (Lipinski definition) is 1. The summed E-state index contributed by atoms with van der Waals surface area (Å²) in [6, 6.07) is 0. The lowest BCUT2D eigenvalue weighted by molar-refractivity contribution is -0.117. The lowest BCUT2D eigenvalue weighted by atomic mass is 9.93. The van der Waals surface area contributed by atoms with Crippen LogP contribution in [0, 0.1) is 5.92 Å². The summed E-state index contributed by atoms with van der Waals surface area (Å²) < 4.78 is 0. The summed E-state index contributed by atoms with van der Waals surface area (Å²) in [5, 5.41) is 0. The van der Waals surface area contributed by atoms with Crippen molar-refractivity contribution in [3.63, 3.8) is 0 Å². The molecule has 0 spiro atoms. The molecule has 0 aromatic heterocycles. The Morgan fingerprint density at radius 1 is 0.762 bits per heavy atom. The van der Waals surface area contributed by atoms with Crippen LogP contribution in [0.2, 0.25) is 0 Å². The van der Waals surface area contributed by atoms with Crippen molar-refractivity contribution >= 4 is 5.78 Å². The molecule has 21 heavy (non-hydrogen) atoms. The smallest absolute Gasteiger partial charge is 0.162 e. The van der Waals surface area contributed by atoms with Crippen LogP contribution in [-0.4, -0.2) is 5.78 Å². The molecule has 1 rings (SSSR count). The molecule has 1 unspecified atom stereocenters. The number of hydrogen-bond donors (Lipinski definition) is 0. The van der Waals surface area contributed by atoms with Gasteiger partial charge in [-0.15, -0.1) is 0 Å². The maximum absolute atomic E-state index is 11.6. The summed E-state index contributed by atoms with van der Waals surface area (Å²) >= 11 is 0. The average molecular weight is 290 g/mol. The van der Waals surface area contributed by atoms with Crippen LogP contribution < -0.4 is 0 Å². The molecule has 0 saturated carbocycles. The Balaban J connectivity index is 1.80. The minimum Gasteiger partial charge on any atom is -0.294 e. The van der Waals surface area contributed by atoms with Crippen molar-refractivity contribution in [1.29, 1.82) is 0 Å². The standard InChI is InChI=1S/C20H34O/c1-2-3-4-5-6-7-8-9-10-11-12-13-16-19-17-14-15-18-20(19)21/h14-15,17-19H,2-13,16H2,1H3. The summed E-state index contributed by atoms with van der Waals surface area (Å²) in [7, 11) is 0. The fourth-order valence-electron chi connectivity index (χ4n) is 3.01. The van der Waals surface area contributed by atoms with E-state index in [2.05, 4.69) is 13.0 Å². The van der Waals surface area contributed by atoms with Crippen LogP contribution in [0.25, 0.3) is 0 Å². The van der Waals surface area contributed by atoms with Crippen LogP contribution in [-0.2, 0) is 4.79 Å². The van der Waals surface area contributed by atoms with Gasteiger partial charge in [0.25, 0.3) is 0 Å². The molecule has 1 heteroatoms. The Morgan fingerprint density at radius 2 is 1.29 bits per heavy atom. The summed E-state index contributed by atoms with van der Waals surface area (Å²) in [4.78, 5) is 11.6. The Labute approximate surface area is 131 Å². The van der Waals surface area contributed by atoms with Crippen LogP contribution in [0.4, 0.5) is 0 Å². The second kappa shape index (κ2) is 12.9. The molecule has 1 aliphatic carbocycles. The summed E-state index contributed by atoms with van der Waals surface area (Å²) in [6.45, 7) is 2.27. The van der Waals surface area contributed by atoms with E-state index in [0.29, 0.717) is 5.78 Å². The van der Waals surface area contributed by atoms with Gasteiger partial charge < -0.3 is 0 Å². The van der Waals surface area contributed by atoms with Gasteiger partial charge in [0.05, 0.1) is 0 Å². The second-order valence-corrected chi connectivity index (χ2v) is 6.43. The summed E-state index contributed by atoms with van der Waals surface area (Å²) in [5.41, 5.74) is 0. The molecule has 0 radical (unpaired) electrons. The van der Waals surface area contributed by atoms with Gasteiger partial charge in [-0.3, -0.25) is 4.79 Å². The summed E-state index contributed by atoms with van der Waals surface area (Å²) in [6.07, 6.45) is 25.2. The zero-order chi connectivity index (χ0) is 15.2. The van der Waals surface area contributed by atoms with Crippen LogP contribution in [0.5, 0.6) is 0 Å². The molecule has 0 aromatic rings. The Kier molecular flexibility index (Phi) is 11.1. The third-order valence-corrected chi connectivity index (χ3v) is 4.45. The van der Waals surface area contributed by atoms with Gasteiger partial charge >= 0.3 is 0 Å². The molecule has 0 aliphatic heterocycles. The highest BCUT2D eigenvalue weighted by molar-refractivity contribution is 5.94. The highest BCUT2D eigenvalue weighted by Gasteiger charge is 2.13. The number of carbonyl (C=O) groups excluding carboxylic acids is 1. The lowest BCUT2D eigenvalue weighted by Crippen LogP contribution is -2.11. The molecule has 0 saturated heterocycles. The molecular weight excluding hydrogens is 256 g/mol. The molecule has 0 heterocycles. The highest BCUT2D eigenvalue weighted by atomic mass is 16.1. The normalized spacial score (nSPS) is 17.6. The zero-order valence-corrected chi connectivity index (χ0v) is 14.0. The minimum atomic E-state index is 0.165. The molecule has 0 amide bonds. The lowest BCUT2D eigenvalue weighted by Gasteiger charge is -2.11. The van der Waals surface area contributed by atoms with Crippen LogP contribution in [0.15, 0.2) is 24.3 Å². The van der Waals surface area contributed by atoms with Crippen molar-refractivity contribution in [1.82, 2.24) is 0 Å². The van der Waals surface area contributed by atoms with E-state index >= 15 is 0 Å². The van der Waals surface area contributed by atoms with Crippen LogP contribution in [0.1, 0.15) is 90.4 Å². The summed E-state index contributed by atoms with van der Waals surface area (Å²) in [5.74, 6) is 0.457. The van der Waals surface area contributed by atoms with Crippen molar-refractivity contribution < 1.29 is 4.79 Å². The quantitative estimate of drug-likeness (QED) is 0.359. The van der Waals surface area contributed by atoms with Gasteiger partial charge in [-0.25, -0.2) is 0 Å². The highest BCUT2D eigenvalue weighted by Crippen LogP contribution is 2.18. The maximum atomic E-state index is 11.6. The zero-order valence-electron chi connectivity index (χ0n) is 14.0. The SMILES string of the molecule is CCCCCCCCCCCCCCC1C=CC=CC1=O. The topological polar surface area (TPSA) is 17.1 Å². The molecular formula is C20H34O. The largest absolute Gasteiger partial charge is 0.294 e. The molecule has 0 fully saturated rings. The number of allylic oxidation sites excluding steroid dienone is 4. The predicted molar refractivity (Wildman–Crippen MR) is 92.5 cm³/mol.